The number of hydrogen-bond acceptors (Lipinski definition) is 4. The van der Waals surface area contributed by atoms with E-state index in [1.54, 1.807) is 36.9 Å². The molecule has 2 aromatic carbocycles. The summed E-state index contributed by atoms with van der Waals surface area (Å²) >= 11 is 0. The zero-order valence-electron chi connectivity index (χ0n) is 14.3. The van der Waals surface area contributed by atoms with E-state index in [-0.39, 0.29) is 28.6 Å². The third-order valence-corrected chi connectivity index (χ3v) is 3.96. The van der Waals surface area contributed by atoms with Gasteiger partial charge in [0, 0.05) is 18.3 Å². The van der Waals surface area contributed by atoms with Crippen LogP contribution in [-0.2, 0) is 7.05 Å². The Bertz CT molecular complexity index is 984. The number of rotatable bonds is 4. The fraction of sp³-hybridized carbons (Fsp3) is 0.105. The molecule has 3 rings (SSSR count). The number of halogens is 2. The number of hydrogen-bond donors (Lipinski definition) is 2. The van der Waals surface area contributed by atoms with E-state index in [1.807, 2.05) is 0 Å². The number of anilines is 1. The molecule has 1 aromatic heterocycles. The lowest BCUT2D eigenvalue weighted by atomic mass is 10.0. The number of nitrogen functional groups attached to an aromatic ring is 1. The first kappa shape index (κ1) is 17.5. The van der Waals surface area contributed by atoms with Crippen LogP contribution in [0.25, 0.3) is 17.5 Å². The normalized spacial score (nSPS) is 11.2. The van der Waals surface area contributed by atoms with Crippen LogP contribution in [0.5, 0.6) is 0 Å². The van der Waals surface area contributed by atoms with Crippen LogP contribution in [0.1, 0.15) is 17.0 Å². The lowest BCUT2D eigenvalue weighted by Gasteiger charge is -2.08. The number of nitrogens with one attached hydrogen (secondary N) is 1. The molecule has 0 bridgehead atoms. The van der Waals surface area contributed by atoms with Crippen molar-refractivity contribution in [3.8, 4) is 11.4 Å². The van der Waals surface area contributed by atoms with Gasteiger partial charge in [0.05, 0.1) is 11.3 Å². The Hall–Kier alpha value is -3.35. The van der Waals surface area contributed by atoms with Crippen LogP contribution < -0.4 is 5.73 Å². The molecule has 0 amide bonds. The summed E-state index contributed by atoms with van der Waals surface area (Å²) in [5.74, 6) is -0.00177. The molecule has 7 heteroatoms. The van der Waals surface area contributed by atoms with E-state index in [0.29, 0.717) is 11.4 Å². The number of aromatic nitrogens is 3. The standard InChI is InChI=1S/C19H17F2N5/c1-11-24-19(25-26(11)2)14-9-15(18(23)10-16(14)21)17(22)8-5-12-3-6-13(20)7-4-12/h3-10,22H,23H2,1-2H3/b8-5+,22-17?. The molecule has 0 atom stereocenters. The number of nitrogens with two attached hydrogens (primary N) is 1. The lowest BCUT2D eigenvalue weighted by molar-refractivity contribution is 0.627. The fourth-order valence-electron chi connectivity index (χ4n) is 2.41. The Labute approximate surface area is 149 Å². The van der Waals surface area contributed by atoms with E-state index >= 15 is 0 Å². The summed E-state index contributed by atoms with van der Waals surface area (Å²) in [5.41, 5.74) is 7.41. The van der Waals surface area contributed by atoms with Crippen molar-refractivity contribution in [3.05, 3.63) is 71.1 Å². The van der Waals surface area contributed by atoms with Gasteiger partial charge >= 0.3 is 0 Å². The summed E-state index contributed by atoms with van der Waals surface area (Å²) in [4.78, 5) is 4.22. The van der Waals surface area contributed by atoms with E-state index < -0.39 is 5.82 Å². The molecule has 0 radical (unpaired) electrons. The third kappa shape index (κ3) is 3.51. The zero-order chi connectivity index (χ0) is 18.8. The highest BCUT2D eigenvalue weighted by atomic mass is 19.1. The Balaban J connectivity index is 1.95. The van der Waals surface area contributed by atoms with Gasteiger partial charge in [-0.05, 0) is 42.8 Å². The van der Waals surface area contributed by atoms with Crippen molar-refractivity contribution in [2.45, 2.75) is 6.92 Å². The van der Waals surface area contributed by atoms with Crippen molar-refractivity contribution in [2.24, 2.45) is 7.05 Å². The molecular weight excluding hydrogens is 336 g/mol. The summed E-state index contributed by atoms with van der Waals surface area (Å²) < 4.78 is 28.8. The van der Waals surface area contributed by atoms with Gasteiger partial charge in [0.2, 0.25) is 0 Å². The Morgan fingerprint density at radius 1 is 1.19 bits per heavy atom. The second-order valence-electron chi connectivity index (χ2n) is 5.82. The Kier molecular flexibility index (Phi) is 4.62. The average molecular weight is 353 g/mol. The summed E-state index contributed by atoms with van der Waals surface area (Å²) in [6, 6.07) is 8.50. The Morgan fingerprint density at radius 3 is 2.50 bits per heavy atom. The van der Waals surface area contributed by atoms with Gasteiger partial charge in [-0.25, -0.2) is 13.8 Å². The minimum atomic E-state index is -0.549. The maximum Gasteiger partial charge on any atom is 0.184 e. The quantitative estimate of drug-likeness (QED) is 0.554. The van der Waals surface area contributed by atoms with Crippen molar-refractivity contribution >= 4 is 17.5 Å². The highest BCUT2D eigenvalue weighted by Crippen LogP contribution is 2.26. The highest BCUT2D eigenvalue weighted by molar-refractivity contribution is 6.12. The molecule has 3 aromatic rings. The fourth-order valence-corrected chi connectivity index (χ4v) is 2.41. The van der Waals surface area contributed by atoms with Gasteiger partial charge < -0.3 is 11.1 Å². The molecule has 3 N–H and O–H groups in total. The van der Waals surface area contributed by atoms with Gasteiger partial charge in [-0.15, -0.1) is 0 Å². The minimum absolute atomic E-state index is 0.0979. The van der Waals surface area contributed by atoms with E-state index in [0.717, 1.165) is 11.6 Å². The molecule has 0 aliphatic heterocycles. The lowest BCUT2D eigenvalue weighted by Crippen LogP contribution is -2.03. The molecule has 132 valence electrons. The summed E-state index contributed by atoms with van der Waals surface area (Å²) in [7, 11) is 1.72. The van der Waals surface area contributed by atoms with Gasteiger partial charge in [0.25, 0.3) is 0 Å². The van der Waals surface area contributed by atoms with Crippen LogP contribution in [0, 0.1) is 24.0 Å². The molecule has 0 aliphatic rings. The molecule has 0 spiro atoms. The van der Waals surface area contributed by atoms with Crippen LogP contribution >= 0.6 is 0 Å². The SMILES string of the molecule is Cc1nc(-c2cc(C(=N)/C=C/c3ccc(F)cc3)c(N)cc2F)nn1C. The van der Waals surface area contributed by atoms with Gasteiger partial charge in [-0.3, -0.25) is 4.68 Å². The number of allylic oxidation sites excluding steroid dienone is 1. The molecule has 0 saturated heterocycles. The second-order valence-corrected chi connectivity index (χ2v) is 5.82. The smallest absolute Gasteiger partial charge is 0.184 e. The van der Waals surface area contributed by atoms with E-state index in [9.17, 15) is 8.78 Å². The molecule has 26 heavy (non-hydrogen) atoms. The predicted octanol–water partition coefficient (Wildman–Crippen LogP) is 3.73. The summed E-state index contributed by atoms with van der Waals surface area (Å²) in [6.07, 6.45) is 3.19. The minimum Gasteiger partial charge on any atom is -0.398 e. The highest BCUT2D eigenvalue weighted by Gasteiger charge is 2.16. The number of benzene rings is 2. The monoisotopic (exact) mass is 353 g/mol. The number of nitrogens with zero attached hydrogens (tertiary/aromatic N) is 3. The van der Waals surface area contributed by atoms with Crippen molar-refractivity contribution in [1.82, 2.24) is 14.8 Å². The van der Waals surface area contributed by atoms with Crippen LogP contribution in [0.3, 0.4) is 0 Å². The molecule has 0 fully saturated rings. The first-order valence-corrected chi connectivity index (χ1v) is 7.85. The first-order chi connectivity index (χ1) is 12.3. The average Bonchev–Trinajstić information content (AvgIpc) is 2.93. The predicted molar refractivity (Wildman–Crippen MR) is 97.8 cm³/mol. The Morgan fingerprint density at radius 2 is 1.88 bits per heavy atom. The first-order valence-electron chi connectivity index (χ1n) is 7.85. The topological polar surface area (TPSA) is 80.6 Å². The van der Waals surface area contributed by atoms with E-state index in [4.69, 9.17) is 11.1 Å². The van der Waals surface area contributed by atoms with Crippen LogP contribution in [0.2, 0.25) is 0 Å². The molecule has 0 saturated carbocycles. The second kappa shape index (κ2) is 6.87. The van der Waals surface area contributed by atoms with Crippen molar-refractivity contribution in [1.29, 1.82) is 5.41 Å². The van der Waals surface area contributed by atoms with Crippen molar-refractivity contribution in [3.63, 3.8) is 0 Å². The van der Waals surface area contributed by atoms with Crippen molar-refractivity contribution in [2.75, 3.05) is 5.73 Å². The third-order valence-electron chi connectivity index (χ3n) is 3.96. The van der Waals surface area contributed by atoms with E-state index in [1.165, 1.54) is 24.3 Å². The maximum atomic E-state index is 14.3. The van der Waals surface area contributed by atoms with E-state index in [2.05, 4.69) is 10.1 Å². The molecule has 0 unspecified atom stereocenters. The largest absolute Gasteiger partial charge is 0.398 e. The van der Waals surface area contributed by atoms with Crippen LogP contribution in [-0.4, -0.2) is 20.5 Å². The summed E-state index contributed by atoms with van der Waals surface area (Å²) in [6.45, 7) is 1.76. The molecule has 5 nitrogen and oxygen atoms in total. The van der Waals surface area contributed by atoms with Gasteiger partial charge in [0.1, 0.15) is 17.5 Å². The zero-order valence-corrected chi connectivity index (χ0v) is 14.3. The van der Waals surface area contributed by atoms with Gasteiger partial charge in [-0.2, -0.15) is 5.10 Å². The molecule has 1 heterocycles. The summed E-state index contributed by atoms with van der Waals surface area (Å²) in [5, 5.41) is 12.4. The maximum absolute atomic E-state index is 14.3. The molecular formula is C19H17F2N5. The molecule has 0 aliphatic carbocycles. The van der Waals surface area contributed by atoms with Gasteiger partial charge in [0.15, 0.2) is 5.82 Å². The van der Waals surface area contributed by atoms with Gasteiger partial charge in [-0.1, -0.05) is 18.2 Å². The van der Waals surface area contributed by atoms with Crippen LogP contribution in [0.4, 0.5) is 14.5 Å². The van der Waals surface area contributed by atoms with Crippen LogP contribution in [0.15, 0.2) is 42.5 Å². The van der Waals surface area contributed by atoms with Crippen molar-refractivity contribution < 1.29 is 8.78 Å². The number of aryl methyl sites for hydroxylation is 2.